The number of hydrogen-bond acceptors (Lipinski definition) is 3. The predicted octanol–water partition coefficient (Wildman–Crippen LogP) is 3.97. The molecule has 2 aromatic rings. The van der Waals surface area contributed by atoms with Gasteiger partial charge >= 0.3 is 15.6 Å². The highest BCUT2D eigenvalue weighted by atomic mass is 79.9. The summed E-state index contributed by atoms with van der Waals surface area (Å²) in [5, 5.41) is 0.330. The van der Waals surface area contributed by atoms with Crippen molar-refractivity contribution in [2.75, 3.05) is 0 Å². The van der Waals surface area contributed by atoms with E-state index in [9.17, 15) is 26.0 Å². The summed E-state index contributed by atoms with van der Waals surface area (Å²) >= 11 is 3.15. The van der Waals surface area contributed by atoms with Crippen LogP contribution in [0.3, 0.4) is 0 Å². The number of rotatable bonds is 2. The first-order chi connectivity index (χ1) is 9.12. The first-order valence-corrected chi connectivity index (χ1v) is 7.20. The smallest absolute Gasteiger partial charge is 0.373 e. The van der Waals surface area contributed by atoms with Gasteiger partial charge in [0.15, 0.2) is 11.6 Å². The van der Waals surface area contributed by atoms with E-state index in [4.69, 9.17) is 0 Å². The van der Waals surface area contributed by atoms with Gasteiger partial charge in [-0.25, -0.2) is 4.39 Å². The lowest BCUT2D eigenvalue weighted by molar-refractivity contribution is -0.0500. The molecule has 0 aromatic heterocycles. The number of benzene rings is 2. The van der Waals surface area contributed by atoms with Crippen molar-refractivity contribution in [3.05, 3.63) is 40.6 Å². The summed E-state index contributed by atoms with van der Waals surface area (Å²) in [4.78, 5) is 0. The Morgan fingerprint density at radius 1 is 1.10 bits per heavy atom. The van der Waals surface area contributed by atoms with Crippen LogP contribution in [0.4, 0.5) is 17.6 Å². The van der Waals surface area contributed by atoms with Gasteiger partial charge < -0.3 is 4.18 Å². The molecule has 0 aliphatic heterocycles. The van der Waals surface area contributed by atoms with Gasteiger partial charge in [0.25, 0.3) is 0 Å². The van der Waals surface area contributed by atoms with Crippen LogP contribution in [0.15, 0.2) is 34.8 Å². The van der Waals surface area contributed by atoms with Crippen molar-refractivity contribution in [3.63, 3.8) is 0 Å². The van der Waals surface area contributed by atoms with Gasteiger partial charge in [-0.15, -0.1) is 0 Å². The largest absolute Gasteiger partial charge is 0.534 e. The highest BCUT2D eigenvalue weighted by Crippen LogP contribution is 2.32. The minimum atomic E-state index is -5.90. The van der Waals surface area contributed by atoms with Crippen LogP contribution in [0, 0.1) is 5.82 Å². The molecule has 20 heavy (non-hydrogen) atoms. The summed E-state index contributed by atoms with van der Waals surface area (Å²) < 4.78 is 76.6. The summed E-state index contributed by atoms with van der Waals surface area (Å²) in [5.74, 6) is -2.18. The van der Waals surface area contributed by atoms with E-state index in [1.165, 1.54) is 24.3 Å². The molecule has 0 atom stereocenters. The molecule has 2 aromatic carbocycles. The van der Waals surface area contributed by atoms with Crippen LogP contribution in [-0.4, -0.2) is 13.9 Å². The average Bonchev–Trinajstić information content (AvgIpc) is 2.31. The monoisotopic (exact) mass is 372 g/mol. The SMILES string of the molecule is O=S(=O)(Oc1ccc2cc(Br)ccc2c1F)C(F)(F)F. The van der Waals surface area contributed by atoms with Crippen molar-refractivity contribution in [2.24, 2.45) is 0 Å². The Morgan fingerprint density at radius 2 is 1.75 bits per heavy atom. The highest BCUT2D eigenvalue weighted by Gasteiger charge is 2.48. The van der Waals surface area contributed by atoms with E-state index < -0.39 is 27.2 Å². The third-order valence-electron chi connectivity index (χ3n) is 2.36. The molecule has 0 fully saturated rings. The van der Waals surface area contributed by atoms with E-state index in [1.54, 1.807) is 0 Å². The van der Waals surface area contributed by atoms with Crippen molar-refractivity contribution in [1.29, 1.82) is 0 Å². The molecule has 9 heteroatoms. The van der Waals surface area contributed by atoms with Crippen LogP contribution < -0.4 is 4.18 Å². The van der Waals surface area contributed by atoms with Crippen LogP contribution in [-0.2, 0) is 10.1 Å². The number of fused-ring (bicyclic) bond motifs is 1. The topological polar surface area (TPSA) is 43.4 Å². The number of alkyl halides is 3. The molecule has 0 radical (unpaired) electrons. The molecule has 0 saturated carbocycles. The molecule has 0 N–H and O–H groups in total. The Hall–Kier alpha value is -1.35. The summed E-state index contributed by atoms with van der Waals surface area (Å²) in [6.45, 7) is 0. The highest BCUT2D eigenvalue weighted by molar-refractivity contribution is 9.10. The molecule has 0 amide bonds. The van der Waals surface area contributed by atoms with Crippen molar-refractivity contribution >= 4 is 36.8 Å². The van der Waals surface area contributed by atoms with Crippen LogP contribution >= 0.6 is 15.9 Å². The molecule has 3 nitrogen and oxygen atoms in total. The second-order valence-corrected chi connectivity index (χ2v) is 6.18. The van der Waals surface area contributed by atoms with Gasteiger partial charge in [-0.2, -0.15) is 21.6 Å². The minimum absolute atomic E-state index is 0.0527. The van der Waals surface area contributed by atoms with Crippen molar-refractivity contribution in [3.8, 4) is 5.75 Å². The van der Waals surface area contributed by atoms with E-state index in [0.29, 0.717) is 9.86 Å². The first kappa shape index (κ1) is 15.0. The van der Waals surface area contributed by atoms with Gasteiger partial charge in [-0.1, -0.05) is 28.1 Å². The summed E-state index contributed by atoms with van der Waals surface area (Å²) in [5.41, 5.74) is -5.62. The third kappa shape index (κ3) is 2.73. The van der Waals surface area contributed by atoms with E-state index in [0.717, 1.165) is 6.07 Å². The second-order valence-electron chi connectivity index (χ2n) is 3.73. The number of hydrogen-bond donors (Lipinski definition) is 0. The Labute approximate surface area is 119 Å². The van der Waals surface area contributed by atoms with Gasteiger partial charge in [0.2, 0.25) is 0 Å². The van der Waals surface area contributed by atoms with Crippen LogP contribution in [0.5, 0.6) is 5.75 Å². The Morgan fingerprint density at radius 3 is 2.35 bits per heavy atom. The quantitative estimate of drug-likeness (QED) is 0.455. The average molecular weight is 373 g/mol. The fraction of sp³-hybridized carbons (Fsp3) is 0.0909. The fourth-order valence-electron chi connectivity index (χ4n) is 1.47. The maximum absolute atomic E-state index is 13.9. The van der Waals surface area contributed by atoms with Crippen molar-refractivity contribution in [2.45, 2.75) is 5.51 Å². The fourth-order valence-corrected chi connectivity index (χ4v) is 2.31. The second kappa shape index (κ2) is 4.88. The maximum Gasteiger partial charge on any atom is 0.534 e. The molecular weight excluding hydrogens is 368 g/mol. The van der Waals surface area contributed by atoms with Gasteiger partial charge in [0.05, 0.1) is 0 Å². The zero-order chi connectivity index (χ0) is 15.1. The molecular formula is C11H5BrF4O3S. The molecule has 0 saturated heterocycles. The summed E-state index contributed by atoms with van der Waals surface area (Å²) in [6.07, 6.45) is 0. The van der Waals surface area contributed by atoms with Gasteiger partial charge in [0, 0.05) is 9.86 Å². The van der Waals surface area contributed by atoms with Crippen LogP contribution in [0.2, 0.25) is 0 Å². The normalized spacial score (nSPS) is 12.7. The maximum atomic E-state index is 13.9. The lowest BCUT2D eigenvalue weighted by Crippen LogP contribution is -2.28. The number of halogens is 5. The molecule has 0 unspecified atom stereocenters. The molecule has 0 spiro atoms. The molecule has 0 aliphatic carbocycles. The van der Waals surface area contributed by atoms with E-state index >= 15 is 0 Å². The zero-order valence-electron chi connectivity index (χ0n) is 9.41. The Kier molecular flexibility index (Phi) is 3.67. The summed E-state index contributed by atoms with van der Waals surface area (Å²) in [7, 11) is -5.90. The van der Waals surface area contributed by atoms with E-state index in [1.807, 2.05) is 0 Å². The van der Waals surface area contributed by atoms with Gasteiger partial charge in [0.1, 0.15) is 0 Å². The Bertz CT molecular complexity index is 771. The van der Waals surface area contributed by atoms with Gasteiger partial charge in [-0.05, 0) is 23.6 Å². The van der Waals surface area contributed by atoms with Gasteiger partial charge in [-0.3, -0.25) is 0 Å². The summed E-state index contributed by atoms with van der Waals surface area (Å²) in [6, 6.07) is 6.37. The van der Waals surface area contributed by atoms with Crippen molar-refractivity contribution < 1.29 is 30.2 Å². The van der Waals surface area contributed by atoms with E-state index in [-0.39, 0.29) is 5.39 Å². The van der Waals surface area contributed by atoms with Crippen LogP contribution in [0.1, 0.15) is 0 Å². The molecule has 0 bridgehead atoms. The predicted molar refractivity (Wildman–Crippen MR) is 67.2 cm³/mol. The molecule has 0 heterocycles. The standard InChI is InChI=1S/C11H5BrF4O3S/c12-7-2-3-8-6(5-7)1-4-9(10(8)13)19-20(17,18)11(14,15)16/h1-5H. The van der Waals surface area contributed by atoms with E-state index in [2.05, 4.69) is 20.1 Å². The van der Waals surface area contributed by atoms with Crippen LogP contribution in [0.25, 0.3) is 10.8 Å². The molecule has 108 valence electrons. The zero-order valence-corrected chi connectivity index (χ0v) is 11.8. The lowest BCUT2D eigenvalue weighted by atomic mass is 10.1. The lowest BCUT2D eigenvalue weighted by Gasteiger charge is -2.11. The minimum Gasteiger partial charge on any atom is -0.373 e. The molecule has 0 aliphatic rings. The Balaban J connectivity index is 2.53. The first-order valence-electron chi connectivity index (χ1n) is 5.00. The third-order valence-corrected chi connectivity index (χ3v) is 3.82. The van der Waals surface area contributed by atoms with Crippen molar-refractivity contribution in [1.82, 2.24) is 0 Å². The molecule has 2 rings (SSSR count).